The van der Waals surface area contributed by atoms with E-state index in [1.165, 1.54) is 0 Å². The van der Waals surface area contributed by atoms with Gasteiger partial charge in [-0.15, -0.1) is 0 Å². The zero-order valence-electron chi connectivity index (χ0n) is 10.2. The Morgan fingerprint density at radius 2 is 1.94 bits per heavy atom. The van der Waals surface area contributed by atoms with E-state index >= 15 is 0 Å². The first kappa shape index (κ1) is 11.6. The minimum Gasteiger partial charge on any atom is -0.398 e. The average molecular weight is 231 g/mol. The van der Waals surface area contributed by atoms with Crippen LogP contribution in [0, 0.1) is 0 Å². The molecule has 0 aromatic heterocycles. The van der Waals surface area contributed by atoms with Gasteiger partial charge in [-0.05, 0) is 25.0 Å². The minimum atomic E-state index is -0.613. The highest BCUT2D eigenvalue weighted by Crippen LogP contribution is 2.27. The highest BCUT2D eigenvalue weighted by atomic mass is 16.2. The van der Waals surface area contributed by atoms with Crippen LogP contribution in [0.4, 0.5) is 5.69 Å². The van der Waals surface area contributed by atoms with Gasteiger partial charge in [-0.1, -0.05) is 26.0 Å². The molecule has 90 valence electrons. The van der Waals surface area contributed by atoms with Crippen LogP contribution < -0.4 is 11.1 Å². The summed E-state index contributed by atoms with van der Waals surface area (Å²) in [5.74, 6) is 0.567. The van der Waals surface area contributed by atoms with Crippen molar-refractivity contribution in [1.82, 2.24) is 5.32 Å². The van der Waals surface area contributed by atoms with E-state index in [0.29, 0.717) is 24.4 Å². The molecule has 1 heterocycles. The van der Waals surface area contributed by atoms with Crippen LogP contribution in [-0.2, 0) is 4.79 Å². The van der Waals surface area contributed by atoms with Crippen LogP contribution in [0.1, 0.15) is 32.3 Å². The van der Waals surface area contributed by atoms with Crippen LogP contribution in [0.3, 0.4) is 0 Å². The van der Waals surface area contributed by atoms with Crippen LogP contribution in [0.2, 0.25) is 0 Å². The summed E-state index contributed by atoms with van der Waals surface area (Å²) < 4.78 is 0. The predicted octanol–water partition coefficient (Wildman–Crippen LogP) is 1.70. The summed E-state index contributed by atoms with van der Waals surface area (Å²) in [4.78, 5) is 16.5. The number of nitrogens with one attached hydrogen (secondary N) is 1. The summed E-state index contributed by atoms with van der Waals surface area (Å²) in [7, 11) is 0. The number of hydrogen-bond acceptors (Lipinski definition) is 3. The molecular formula is C13H17N3O. The summed E-state index contributed by atoms with van der Waals surface area (Å²) in [6, 6.07) is 7.43. The molecule has 0 radical (unpaired) electrons. The number of nitrogens with zero attached hydrogens (tertiary/aromatic N) is 1. The lowest BCUT2D eigenvalue weighted by Crippen LogP contribution is -2.38. The molecule has 1 aliphatic heterocycles. The van der Waals surface area contributed by atoms with Crippen LogP contribution in [-0.4, -0.2) is 17.3 Å². The van der Waals surface area contributed by atoms with Crippen LogP contribution in [0.25, 0.3) is 0 Å². The lowest BCUT2D eigenvalue weighted by molar-refractivity contribution is -0.123. The Labute approximate surface area is 101 Å². The smallest absolute Gasteiger partial charge is 0.253 e. The molecular weight excluding hydrogens is 214 g/mol. The van der Waals surface area contributed by atoms with Crippen molar-refractivity contribution in [2.45, 2.75) is 32.2 Å². The minimum absolute atomic E-state index is 0.0271. The maximum absolute atomic E-state index is 12.0. The van der Waals surface area contributed by atoms with Gasteiger partial charge >= 0.3 is 0 Å². The molecule has 0 aliphatic carbocycles. The Bertz CT molecular complexity index is 475. The third-order valence-electron chi connectivity index (χ3n) is 3.37. The zero-order valence-corrected chi connectivity index (χ0v) is 10.2. The third kappa shape index (κ3) is 1.79. The zero-order chi connectivity index (χ0) is 12.5. The molecule has 0 saturated carbocycles. The van der Waals surface area contributed by atoms with Crippen molar-refractivity contribution in [3.05, 3.63) is 29.8 Å². The molecule has 0 spiro atoms. The molecule has 2 rings (SSSR count). The molecule has 1 aromatic carbocycles. The summed E-state index contributed by atoms with van der Waals surface area (Å²) in [6.45, 7) is 3.95. The average Bonchev–Trinajstić information content (AvgIpc) is 2.67. The molecule has 0 saturated heterocycles. The van der Waals surface area contributed by atoms with Crippen molar-refractivity contribution < 1.29 is 4.79 Å². The third-order valence-corrected chi connectivity index (χ3v) is 3.37. The predicted molar refractivity (Wildman–Crippen MR) is 68.8 cm³/mol. The van der Waals surface area contributed by atoms with Crippen LogP contribution >= 0.6 is 0 Å². The van der Waals surface area contributed by atoms with Gasteiger partial charge < -0.3 is 11.1 Å². The second-order valence-corrected chi connectivity index (χ2v) is 4.24. The molecule has 0 atom stereocenters. The number of nitrogens with two attached hydrogens (primary N) is 1. The lowest BCUT2D eigenvalue weighted by Gasteiger charge is -2.18. The van der Waals surface area contributed by atoms with E-state index in [0.717, 1.165) is 5.56 Å². The summed E-state index contributed by atoms with van der Waals surface area (Å²) >= 11 is 0. The van der Waals surface area contributed by atoms with Crippen molar-refractivity contribution in [2.24, 2.45) is 4.99 Å². The monoisotopic (exact) mass is 231 g/mol. The van der Waals surface area contributed by atoms with Gasteiger partial charge in [-0.2, -0.15) is 0 Å². The van der Waals surface area contributed by atoms with Crippen LogP contribution in [0.15, 0.2) is 29.3 Å². The van der Waals surface area contributed by atoms with E-state index in [1.54, 1.807) is 0 Å². The van der Waals surface area contributed by atoms with Gasteiger partial charge in [0.2, 0.25) is 0 Å². The fourth-order valence-corrected chi connectivity index (χ4v) is 2.09. The van der Waals surface area contributed by atoms with Crippen LogP contribution in [0.5, 0.6) is 0 Å². The standard InChI is InChI=1S/C13H17N3O/c1-3-13(4-2)12(17)15-11(16-13)9-7-5-6-8-10(9)14/h5-8H,3-4,14H2,1-2H3,(H,15,16,17). The molecule has 4 heteroatoms. The van der Waals surface area contributed by atoms with Gasteiger partial charge in [-0.3, -0.25) is 9.79 Å². The van der Waals surface area contributed by atoms with E-state index < -0.39 is 5.54 Å². The van der Waals surface area contributed by atoms with E-state index in [9.17, 15) is 4.79 Å². The van der Waals surface area contributed by atoms with Crippen molar-refractivity contribution in [3.8, 4) is 0 Å². The Hall–Kier alpha value is -1.84. The number of rotatable bonds is 3. The molecule has 3 N–H and O–H groups in total. The number of amides is 1. The maximum Gasteiger partial charge on any atom is 0.253 e. The number of aliphatic imine (C=N–C) groups is 1. The number of carbonyl (C=O) groups excluding carboxylic acids is 1. The van der Waals surface area contributed by atoms with Gasteiger partial charge in [-0.25, -0.2) is 0 Å². The molecule has 0 bridgehead atoms. The fourth-order valence-electron chi connectivity index (χ4n) is 2.09. The number of carbonyl (C=O) groups is 1. The van der Waals surface area contributed by atoms with Crippen molar-refractivity contribution >= 4 is 17.4 Å². The SMILES string of the molecule is CCC1(CC)N=C(c2ccccc2N)NC1=O. The van der Waals surface area contributed by atoms with Gasteiger partial charge in [0.1, 0.15) is 11.4 Å². The Morgan fingerprint density at radius 3 is 2.47 bits per heavy atom. The summed E-state index contributed by atoms with van der Waals surface area (Å²) in [5, 5.41) is 2.83. The normalized spacial score (nSPS) is 17.8. The number of anilines is 1. The van der Waals surface area contributed by atoms with E-state index in [2.05, 4.69) is 10.3 Å². The molecule has 1 aliphatic rings. The van der Waals surface area contributed by atoms with E-state index in [1.807, 2.05) is 38.1 Å². The Balaban J connectivity index is 2.43. The maximum atomic E-state index is 12.0. The number of hydrogen-bond donors (Lipinski definition) is 2. The quantitative estimate of drug-likeness (QED) is 0.777. The number of amidine groups is 1. The second-order valence-electron chi connectivity index (χ2n) is 4.24. The topological polar surface area (TPSA) is 67.5 Å². The largest absolute Gasteiger partial charge is 0.398 e. The van der Waals surface area contributed by atoms with Crippen molar-refractivity contribution in [2.75, 3.05) is 5.73 Å². The van der Waals surface area contributed by atoms with Gasteiger partial charge in [0.05, 0.1) is 0 Å². The Morgan fingerprint density at radius 1 is 1.29 bits per heavy atom. The summed E-state index contributed by atoms with van der Waals surface area (Å²) in [5.41, 5.74) is 6.70. The molecule has 17 heavy (non-hydrogen) atoms. The first-order chi connectivity index (χ1) is 8.13. The Kier molecular flexibility index (Phi) is 2.88. The molecule has 0 fully saturated rings. The highest BCUT2D eigenvalue weighted by Gasteiger charge is 2.40. The second kappa shape index (κ2) is 4.20. The van der Waals surface area contributed by atoms with Gasteiger partial charge in [0.15, 0.2) is 0 Å². The fraction of sp³-hybridized carbons (Fsp3) is 0.385. The van der Waals surface area contributed by atoms with E-state index in [-0.39, 0.29) is 5.91 Å². The summed E-state index contributed by atoms with van der Waals surface area (Å²) in [6.07, 6.45) is 1.40. The molecule has 1 aromatic rings. The highest BCUT2D eigenvalue weighted by molar-refractivity contribution is 6.17. The van der Waals surface area contributed by atoms with Gasteiger partial charge in [0, 0.05) is 11.3 Å². The van der Waals surface area contributed by atoms with Gasteiger partial charge in [0.25, 0.3) is 5.91 Å². The van der Waals surface area contributed by atoms with Crippen molar-refractivity contribution in [1.29, 1.82) is 0 Å². The molecule has 1 amide bonds. The molecule has 4 nitrogen and oxygen atoms in total. The first-order valence-corrected chi connectivity index (χ1v) is 5.89. The number of para-hydroxylation sites is 1. The number of nitrogen functional groups attached to an aromatic ring is 1. The van der Waals surface area contributed by atoms with Crippen molar-refractivity contribution in [3.63, 3.8) is 0 Å². The lowest BCUT2D eigenvalue weighted by atomic mass is 9.94. The number of benzene rings is 1. The van der Waals surface area contributed by atoms with E-state index in [4.69, 9.17) is 5.73 Å². The molecule has 0 unspecified atom stereocenters. The first-order valence-electron chi connectivity index (χ1n) is 5.89.